The van der Waals surface area contributed by atoms with Gasteiger partial charge in [0.2, 0.25) is 0 Å². The fourth-order valence-electron chi connectivity index (χ4n) is 1.30. The van der Waals surface area contributed by atoms with E-state index in [9.17, 15) is 0 Å². The topological polar surface area (TPSA) is 50.9 Å². The zero-order valence-corrected chi connectivity index (χ0v) is 9.53. The molecule has 1 aromatic heterocycles. The van der Waals surface area contributed by atoms with E-state index in [2.05, 4.69) is 26.3 Å². The molecule has 0 unspecified atom stereocenters. The van der Waals surface area contributed by atoms with Gasteiger partial charge >= 0.3 is 0 Å². The third kappa shape index (κ3) is 2.34. The number of anilines is 1. The average molecular weight is 264 g/mol. The maximum atomic E-state index is 5.34. The molecule has 0 aliphatic rings. The highest BCUT2D eigenvalue weighted by atomic mass is 79.9. The summed E-state index contributed by atoms with van der Waals surface area (Å²) in [6.07, 6.45) is 1.73. The predicted octanol–water partition coefficient (Wildman–Crippen LogP) is 2.80. The fourth-order valence-corrected chi connectivity index (χ4v) is 1.56. The second-order valence-corrected chi connectivity index (χ2v) is 4.00. The molecule has 0 aliphatic carbocycles. The third-order valence-electron chi connectivity index (χ3n) is 2.07. The molecule has 15 heavy (non-hydrogen) atoms. The van der Waals surface area contributed by atoms with Crippen molar-refractivity contribution in [1.82, 2.24) is 4.98 Å². The van der Waals surface area contributed by atoms with Crippen LogP contribution in [0.2, 0.25) is 0 Å². The van der Waals surface area contributed by atoms with Crippen LogP contribution in [-0.4, -0.2) is 4.98 Å². The Morgan fingerprint density at radius 3 is 2.53 bits per heavy atom. The molecule has 0 fully saturated rings. The fraction of sp³-hybridized carbons (Fsp3) is 0. The number of nitrogen functional groups attached to an aromatic ring is 1. The molecule has 0 amide bonds. The van der Waals surface area contributed by atoms with Crippen LogP contribution in [0.4, 0.5) is 5.69 Å². The average Bonchev–Trinajstić information content (AvgIpc) is 2.30. The Bertz CT molecular complexity index is 454. The van der Waals surface area contributed by atoms with Crippen molar-refractivity contribution in [3.63, 3.8) is 0 Å². The molecule has 4 heteroatoms. The molecule has 0 saturated carbocycles. The lowest BCUT2D eigenvalue weighted by Gasteiger charge is -2.03. The number of benzene rings is 1. The third-order valence-corrected chi connectivity index (χ3v) is 2.60. The van der Waals surface area contributed by atoms with Crippen LogP contribution in [0, 0.1) is 0 Å². The van der Waals surface area contributed by atoms with E-state index in [0.29, 0.717) is 0 Å². The molecule has 0 atom stereocenters. The van der Waals surface area contributed by atoms with Gasteiger partial charge in [-0.25, -0.2) is 0 Å². The van der Waals surface area contributed by atoms with Gasteiger partial charge in [0.15, 0.2) is 0 Å². The smallest absolute Gasteiger partial charge is 0.0723 e. The molecule has 0 aliphatic heterocycles. The van der Waals surface area contributed by atoms with E-state index in [1.165, 1.54) is 0 Å². The summed E-state index contributed by atoms with van der Waals surface area (Å²) in [5.74, 6) is 5.34. The maximum absolute atomic E-state index is 5.34. The lowest BCUT2D eigenvalue weighted by Crippen LogP contribution is -2.06. The maximum Gasteiger partial charge on any atom is 0.0723 e. The Morgan fingerprint density at radius 2 is 1.87 bits per heavy atom. The summed E-state index contributed by atoms with van der Waals surface area (Å²) < 4.78 is 1.05. The quantitative estimate of drug-likeness (QED) is 0.647. The molecule has 3 nitrogen and oxygen atoms in total. The first kappa shape index (κ1) is 10.1. The van der Waals surface area contributed by atoms with Gasteiger partial charge in [0, 0.05) is 16.2 Å². The van der Waals surface area contributed by atoms with Crippen LogP contribution < -0.4 is 11.3 Å². The molecule has 0 bridgehead atoms. The first-order valence-electron chi connectivity index (χ1n) is 4.48. The number of aromatic nitrogens is 1. The number of nitrogens with one attached hydrogen (secondary N) is 1. The second-order valence-electron chi connectivity index (χ2n) is 3.08. The standard InChI is InChI=1S/C11H10BrN3/c12-9-3-1-8(2-4-9)11-7-10(15-13)5-6-14-11/h1-7H,13H2,(H,14,15). The van der Waals surface area contributed by atoms with Crippen molar-refractivity contribution in [2.75, 3.05) is 5.43 Å². The van der Waals surface area contributed by atoms with Crippen LogP contribution in [0.3, 0.4) is 0 Å². The van der Waals surface area contributed by atoms with E-state index in [4.69, 9.17) is 5.84 Å². The Morgan fingerprint density at radius 1 is 1.13 bits per heavy atom. The Balaban J connectivity index is 2.40. The van der Waals surface area contributed by atoms with Crippen molar-refractivity contribution in [2.45, 2.75) is 0 Å². The Kier molecular flexibility index (Phi) is 2.99. The van der Waals surface area contributed by atoms with Gasteiger partial charge in [-0.1, -0.05) is 28.1 Å². The van der Waals surface area contributed by atoms with Gasteiger partial charge in [0.1, 0.15) is 0 Å². The predicted molar refractivity (Wildman–Crippen MR) is 65.2 cm³/mol. The van der Waals surface area contributed by atoms with Gasteiger partial charge in [-0.05, 0) is 24.3 Å². The minimum absolute atomic E-state index is 0.850. The van der Waals surface area contributed by atoms with E-state index in [0.717, 1.165) is 21.4 Å². The minimum Gasteiger partial charge on any atom is -0.324 e. The number of nitrogens with zero attached hydrogens (tertiary/aromatic N) is 1. The lowest BCUT2D eigenvalue weighted by atomic mass is 10.1. The zero-order valence-electron chi connectivity index (χ0n) is 7.94. The van der Waals surface area contributed by atoms with E-state index >= 15 is 0 Å². The summed E-state index contributed by atoms with van der Waals surface area (Å²) in [6, 6.07) is 11.7. The molecule has 0 radical (unpaired) electrons. The van der Waals surface area contributed by atoms with E-state index in [-0.39, 0.29) is 0 Å². The monoisotopic (exact) mass is 263 g/mol. The molecule has 1 heterocycles. The molecule has 0 saturated heterocycles. The number of hydrogen-bond acceptors (Lipinski definition) is 3. The van der Waals surface area contributed by atoms with Crippen molar-refractivity contribution in [2.24, 2.45) is 5.84 Å². The zero-order chi connectivity index (χ0) is 10.7. The number of pyridine rings is 1. The summed E-state index contributed by atoms with van der Waals surface area (Å²) in [7, 11) is 0. The minimum atomic E-state index is 0.850. The summed E-state index contributed by atoms with van der Waals surface area (Å²) in [6.45, 7) is 0. The van der Waals surface area contributed by atoms with Crippen molar-refractivity contribution >= 4 is 21.6 Å². The van der Waals surface area contributed by atoms with Crippen LogP contribution in [0.1, 0.15) is 0 Å². The van der Waals surface area contributed by atoms with E-state index in [1.54, 1.807) is 6.20 Å². The van der Waals surface area contributed by atoms with Crippen molar-refractivity contribution < 1.29 is 0 Å². The number of rotatable bonds is 2. The molecule has 2 aromatic rings. The molecular weight excluding hydrogens is 254 g/mol. The van der Waals surface area contributed by atoms with E-state index < -0.39 is 0 Å². The second kappa shape index (κ2) is 4.42. The van der Waals surface area contributed by atoms with Crippen molar-refractivity contribution in [3.8, 4) is 11.3 Å². The van der Waals surface area contributed by atoms with Crippen LogP contribution in [0.25, 0.3) is 11.3 Å². The molecule has 2 rings (SSSR count). The van der Waals surface area contributed by atoms with E-state index in [1.807, 2.05) is 36.4 Å². The van der Waals surface area contributed by atoms with Gasteiger partial charge in [-0.15, -0.1) is 0 Å². The number of halogens is 1. The normalized spacial score (nSPS) is 10.0. The highest BCUT2D eigenvalue weighted by molar-refractivity contribution is 9.10. The van der Waals surface area contributed by atoms with Crippen molar-refractivity contribution in [3.05, 3.63) is 47.1 Å². The SMILES string of the molecule is NNc1ccnc(-c2ccc(Br)cc2)c1. The van der Waals surface area contributed by atoms with Gasteiger partial charge in [0.05, 0.1) is 11.4 Å². The van der Waals surface area contributed by atoms with Gasteiger partial charge < -0.3 is 5.43 Å². The highest BCUT2D eigenvalue weighted by Crippen LogP contribution is 2.21. The molecule has 1 aromatic carbocycles. The Labute approximate surface area is 96.4 Å². The molecule has 0 spiro atoms. The summed E-state index contributed by atoms with van der Waals surface area (Å²) in [5.41, 5.74) is 5.42. The molecule has 3 N–H and O–H groups in total. The molecular formula is C11H10BrN3. The Hall–Kier alpha value is -1.39. The summed E-state index contributed by atoms with van der Waals surface area (Å²) in [4.78, 5) is 4.28. The first-order chi connectivity index (χ1) is 7.29. The highest BCUT2D eigenvalue weighted by Gasteiger charge is 1.99. The summed E-state index contributed by atoms with van der Waals surface area (Å²) in [5, 5.41) is 0. The van der Waals surface area contributed by atoms with Gasteiger partial charge in [0.25, 0.3) is 0 Å². The van der Waals surface area contributed by atoms with Crippen LogP contribution in [0.5, 0.6) is 0 Å². The largest absolute Gasteiger partial charge is 0.324 e. The first-order valence-corrected chi connectivity index (χ1v) is 5.27. The summed E-state index contributed by atoms with van der Waals surface area (Å²) >= 11 is 3.39. The number of nitrogens with two attached hydrogens (primary N) is 1. The van der Waals surface area contributed by atoms with Crippen LogP contribution in [0.15, 0.2) is 47.1 Å². The van der Waals surface area contributed by atoms with Crippen LogP contribution >= 0.6 is 15.9 Å². The lowest BCUT2D eigenvalue weighted by molar-refractivity contribution is 1.28. The van der Waals surface area contributed by atoms with Gasteiger partial charge in [-0.3, -0.25) is 10.8 Å². The number of hydrogen-bond donors (Lipinski definition) is 2. The van der Waals surface area contributed by atoms with Crippen LogP contribution in [-0.2, 0) is 0 Å². The van der Waals surface area contributed by atoms with Gasteiger partial charge in [-0.2, -0.15) is 0 Å². The van der Waals surface area contributed by atoms with Crippen molar-refractivity contribution in [1.29, 1.82) is 0 Å². The number of hydrazine groups is 1. The molecule has 76 valence electrons.